The molecule has 0 radical (unpaired) electrons. The number of primary amides is 1. The highest BCUT2D eigenvalue weighted by Gasteiger charge is 2.35. The summed E-state index contributed by atoms with van der Waals surface area (Å²) in [5.74, 6) is -4.28. The van der Waals surface area contributed by atoms with Crippen LogP contribution >= 0.6 is 0 Å². The summed E-state index contributed by atoms with van der Waals surface area (Å²) in [5.41, 5.74) is 6.08. The lowest BCUT2D eigenvalue weighted by molar-refractivity contribution is -0.275. The summed E-state index contributed by atoms with van der Waals surface area (Å²) in [7, 11) is -3.36. The van der Waals surface area contributed by atoms with E-state index in [9.17, 15) is 35.6 Å². The van der Waals surface area contributed by atoms with E-state index in [2.05, 4.69) is 14.8 Å². The average Bonchev–Trinajstić information content (AvgIpc) is 3.33. The number of rotatable bonds is 9. The molecule has 2 amide bonds. The van der Waals surface area contributed by atoms with Gasteiger partial charge in [-0.2, -0.15) is 5.10 Å². The third-order valence-electron chi connectivity index (χ3n) is 6.12. The van der Waals surface area contributed by atoms with E-state index in [4.69, 9.17) is 10.5 Å². The van der Waals surface area contributed by atoms with Crippen LogP contribution < -0.4 is 15.2 Å². The molecule has 0 bridgehead atoms. The number of piperidine rings is 1. The molecule has 1 saturated heterocycles. The molecule has 17 heteroatoms. The molecule has 3 heterocycles. The van der Waals surface area contributed by atoms with Crippen molar-refractivity contribution in [2.75, 3.05) is 19.3 Å². The Bertz CT molecular complexity index is 1600. The molecule has 1 aliphatic rings. The van der Waals surface area contributed by atoms with Crippen molar-refractivity contribution in [2.24, 2.45) is 5.73 Å². The molecule has 1 aromatic carbocycles. The topological polar surface area (TPSA) is 147 Å². The van der Waals surface area contributed by atoms with E-state index in [1.165, 1.54) is 34.2 Å². The molecule has 0 unspecified atom stereocenters. The van der Waals surface area contributed by atoms with Gasteiger partial charge >= 0.3 is 6.36 Å². The van der Waals surface area contributed by atoms with Crippen molar-refractivity contribution in [3.05, 3.63) is 59.8 Å². The molecule has 2 aromatic heterocycles. The van der Waals surface area contributed by atoms with Crippen LogP contribution in [0.15, 0.2) is 42.9 Å². The van der Waals surface area contributed by atoms with Crippen molar-refractivity contribution in [2.45, 2.75) is 37.4 Å². The molecule has 2 atom stereocenters. The molecule has 11 nitrogen and oxygen atoms in total. The molecule has 3 aromatic rings. The van der Waals surface area contributed by atoms with Crippen molar-refractivity contribution >= 4 is 21.7 Å². The van der Waals surface area contributed by atoms with E-state index in [0.29, 0.717) is 5.56 Å². The Morgan fingerprint density at radius 1 is 1.17 bits per heavy atom. The molecule has 0 aliphatic carbocycles. The van der Waals surface area contributed by atoms with Crippen LogP contribution in [0.5, 0.6) is 11.5 Å². The summed E-state index contributed by atoms with van der Waals surface area (Å²) in [4.78, 5) is 30.2. The number of sulfone groups is 1. The molecule has 226 valence electrons. The first kappa shape index (κ1) is 30.7. The summed E-state index contributed by atoms with van der Waals surface area (Å²) in [6.45, 7) is -0.350. The van der Waals surface area contributed by atoms with Gasteiger partial charge in [0.1, 0.15) is 12.0 Å². The summed E-state index contributed by atoms with van der Waals surface area (Å²) in [6, 6.07) is 3.89. The van der Waals surface area contributed by atoms with Gasteiger partial charge in [-0.05, 0) is 23.8 Å². The van der Waals surface area contributed by atoms with Crippen molar-refractivity contribution in [1.82, 2.24) is 19.7 Å². The number of nitrogens with two attached hydrogens (primary N) is 1. The van der Waals surface area contributed by atoms with Crippen LogP contribution in [0.25, 0.3) is 11.3 Å². The molecule has 2 N–H and O–H groups in total. The number of aromatic nitrogens is 3. The van der Waals surface area contributed by atoms with Gasteiger partial charge in [0, 0.05) is 31.0 Å². The van der Waals surface area contributed by atoms with Gasteiger partial charge in [-0.1, -0.05) is 6.07 Å². The minimum absolute atomic E-state index is 0.0117. The Hall–Kier alpha value is -4.28. The quantitative estimate of drug-likeness (QED) is 0.361. The zero-order valence-electron chi connectivity index (χ0n) is 21.8. The van der Waals surface area contributed by atoms with Gasteiger partial charge in [-0.25, -0.2) is 17.2 Å². The maximum atomic E-state index is 15.1. The number of hydrogen-bond acceptors (Lipinski definition) is 8. The second-order valence-corrected chi connectivity index (χ2v) is 11.7. The summed E-state index contributed by atoms with van der Waals surface area (Å²) in [6.07, 6.45) is -3.25. The Balaban J connectivity index is 1.39. The fraction of sp³-hybridized carbons (Fsp3) is 0.360. The number of likely N-dealkylation sites (tertiary alicyclic amines) is 1. The molecule has 4 rings (SSSR count). The van der Waals surface area contributed by atoms with Crippen LogP contribution in [0.3, 0.4) is 0 Å². The highest BCUT2D eigenvalue weighted by atomic mass is 32.2. The number of alkyl halides is 4. The number of carbonyl (C=O) groups excluding carboxylic acids is 2. The van der Waals surface area contributed by atoms with Gasteiger partial charge in [0.15, 0.2) is 33.3 Å². The number of halogens is 5. The normalized spacial score (nSPS) is 17.6. The fourth-order valence-corrected chi connectivity index (χ4v) is 4.87. The Kier molecular flexibility index (Phi) is 8.70. The Morgan fingerprint density at radius 3 is 2.52 bits per heavy atom. The third-order valence-corrected chi connectivity index (χ3v) is 6.85. The Morgan fingerprint density at radius 2 is 1.90 bits per heavy atom. The Labute approximate surface area is 235 Å². The second-order valence-electron chi connectivity index (χ2n) is 9.54. The smallest absolute Gasteiger partial charge is 0.485 e. The third kappa shape index (κ3) is 7.92. The zero-order valence-corrected chi connectivity index (χ0v) is 22.7. The van der Waals surface area contributed by atoms with Crippen LogP contribution in [-0.2, 0) is 26.9 Å². The monoisotopic (exact) mass is 617 g/mol. The summed E-state index contributed by atoms with van der Waals surface area (Å²) >= 11 is 0. The van der Waals surface area contributed by atoms with Gasteiger partial charge in [0.05, 0.1) is 36.6 Å². The lowest BCUT2D eigenvalue weighted by Crippen LogP contribution is -2.49. The van der Waals surface area contributed by atoms with Crippen molar-refractivity contribution in [1.29, 1.82) is 0 Å². The molecule has 42 heavy (non-hydrogen) atoms. The fourth-order valence-electron chi connectivity index (χ4n) is 4.25. The molecule has 0 saturated carbocycles. The number of carbonyl (C=O) groups is 2. The van der Waals surface area contributed by atoms with Crippen LogP contribution in [-0.4, -0.2) is 77.9 Å². The molecule has 0 spiro atoms. The second kappa shape index (κ2) is 11.9. The molecule has 1 aliphatic heterocycles. The van der Waals surface area contributed by atoms with Crippen molar-refractivity contribution in [3.8, 4) is 22.8 Å². The number of benzene rings is 1. The lowest BCUT2D eigenvalue weighted by Gasteiger charge is -2.35. The number of nitrogens with zero attached hydrogens (tertiary/aromatic N) is 4. The maximum absolute atomic E-state index is 15.1. The SMILES string of the molecule is CS(=O)(=O)Cn1cc(-c2cc(C(N)=O)c(O[C@@H]3CCN(C(=O)Cc4ccc(OC(F)(F)F)c(F)c4)C[C@@H]3F)cn2)cn1. The largest absolute Gasteiger partial charge is 0.573 e. The van der Waals surface area contributed by atoms with Crippen LogP contribution in [0.4, 0.5) is 22.0 Å². The van der Waals surface area contributed by atoms with E-state index in [-0.39, 0.29) is 47.8 Å². The van der Waals surface area contributed by atoms with E-state index in [1.54, 1.807) is 0 Å². The van der Waals surface area contributed by atoms with Crippen LogP contribution in [0, 0.1) is 5.82 Å². The van der Waals surface area contributed by atoms with Gasteiger partial charge in [-0.15, -0.1) is 13.2 Å². The number of pyridine rings is 1. The maximum Gasteiger partial charge on any atom is 0.573 e. The van der Waals surface area contributed by atoms with Crippen LogP contribution in [0.1, 0.15) is 22.3 Å². The predicted octanol–water partition coefficient (Wildman–Crippen LogP) is 2.64. The van der Waals surface area contributed by atoms with Crippen molar-refractivity contribution in [3.63, 3.8) is 0 Å². The van der Waals surface area contributed by atoms with Crippen LogP contribution in [0.2, 0.25) is 0 Å². The van der Waals surface area contributed by atoms with Gasteiger partial charge in [0.2, 0.25) is 5.91 Å². The van der Waals surface area contributed by atoms with Crippen molar-refractivity contribution < 1.29 is 49.4 Å². The number of hydrogen-bond donors (Lipinski definition) is 1. The van der Waals surface area contributed by atoms with E-state index < -0.39 is 58.4 Å². The number of amides is 2. The minimum Gasteiger partial charge on any atom is -0.485 e. The number of ether oxygens (including phenoxy) is 2. The first-order chi connectivity index (χ1) is 19.6. The molecule has 1 fully saturated rings. The predicted molar refractivity (Wildman–Crippen MR) is 136 cm³/mol. The summed E-state index contributed by atoms with van der Waals surface area (Å²) < 4.78 is 99.5. The molecular weight excluding hydrogens is 593 g/mol. The average molecular weight is 618 g/mol. The van der Waals surface area contributed by atoms with E-state index in [1.807, 2.05) is 0 Å². The highest BCUT2D eigenvalue weighted by Crippen LogP contribution is 2.29. The van der Waals surface area contributed by atoms with Gasteiger partial charge < -0.3 is 20.1 Å². The van der Waals surface area contributed by atoms with E-state index in [0.717, 1.165) is 24.5 Å². The van der Waals surface area contributed by atoms with Gasteiger partial charge in [0.25, 0.3) is 5.91 Å². The highest BCUT2D eigenvalue weighted by molar-refractivity contribution is 7.89. The molecular formula is C25H24F5N5O6S. The summed E-state index contributed by atoms with van der Waals surface area (Å²) in [5, 5.41) is 3.95. The standard InChI is InChI=1S/C25H24F5N5O6S/c1-42(38,39)13-35-11-15(9-33-35)19-8-16(24(31)37)22(10-32-19)40-20-4-5-34(12-18(20)27)23(36)7-14-2-3-21(17(26)6-14)41-25(28,29)30/h2-3,6,8-11,18,20H,4-5,7,12-13H2,1H3,(H2,31,37)/t18-,20+/m0/s1. The first-order valence-electron chi connectivity index (χ1n) is 12.2. The zero-order chi connectivity index (χ0) is 30.8. The minimum atomic E-state index is -5.08. The first-order valence-corrected chi connectivity index (χ1v) is 14.3. The van der Waals surface area contributed by atoms with E-state index >= 15 is 4.39 Å². The lowest BCUT2D eigenvalue weighted by atomic mass is 10.0. The van der Waals surface area contributed by atoms with Gasteiger partial charge in [-0.3, -0.25) is 19.3 Å².